The Kier molecular flexibility index (Phi) is 1.85. The van der Waals surface area contributed by atoms with Crippen molar-refractivity contribution < 1.29 is 14.3 Å². The van der Waals surface area contributed by atoms with E-state index in [0.29, 0.717) is 10.1 Å². The minimum Gasteiger partial charge on any atom is -0.476 e. The molecule has 1 aromatic heterocycles. The van der Waals surface area contributed by atoms with Crippen LogP contribution in [-0.2, 0) is 0 Å². The number of benzene rings is 1. The molecule has 0 unspecified atom stereocenters. The maximum atomic E-state index is 13.0. The van der Waals surface area contributed by atoms with Gasteiger partial charge in [-0.05, 0) is 23.7 Å². The smallest absolute Gasteiger partial charge is 0.356 e. The standard InChI is InChI=1S/C8H5FN2O2S/c9-4-2-6-3(1-5(4)10)7(8(12)13)11-14-6/h1-2H,10H2,(H,12,13). The van der Waals surface area contributed by atoms with Crippen molar-refractivity contribution in [1.82, 2.24) is 4.37 Å². The number of nitrogens with zero attached hydrogens (tertiary/aromatic N) is 1. The maximum absolute atomic E-state index is 13.0. The molecule has 0 atom stereocenters. The largest absolute Gasteiger partial charge is 0.476 e. The van der Waals surface area contributed by atoms with Gasteiger partial charge >= 0.3 is 5.97 Å². The summed E-state index contributed by atoms with van der Waals surface area (Å²) in [6.07, 6.45) is 0. The Balaban J connectivity index is 2.80. The number of hydrogen-bond acceptors (Lipinski definition) is 4. The summed E-state index contributed by atoms with van der Waals surface area (Å²) in [5.41, 5.74) is 5.17. The van der Waals surface area contributed by atoms with Gasteiger partial charge in [0.15, 0.2) is 5.69 Å². The van der Waals surface area contributed by atoms with Crippen LogP contribution in [0.3, 0.4) is 0 Å². The van der Waals surface area contributed by atoms with E-state index in [0.717, 1.165) is 11.5 Å². The number of carboxylic acids is 1. The van der Waals surface area contributed by atoms with Gasteiger partial charge < -0.3 is 10.8 Å². The number of nitrogen functional groups attached to an aromatic ring is 1. The van der Waals surface area contributed by atoms with Crippen molar-refractivity contribution >= 4 is 33.3 Å². The molecule has 0 bridgehead atoms. The lowest BCUT2D eigenvalue weighted by Gasteiger charge is -1.95. The summed E-state index contributed by atoms with van der Waals surface area (Å²) in [7, 11) is 0. The van der Waals surface area contributed by atoms with Crippen LogP contribution < -0.4 is 5.73 Å². The molecule has 6 heteroatoms. The monoisotopic (exact) mass is 212 g/mol. The molecular weight excluding hydrogens is 207 g/mol. The summed E-state index contributed by atoms with van der Waals surface area (Å²) >= 11 is 0.939. The number of carboxylic acid groups (broad SMARTS) is 1. The highest BCUT2D eigenvalue weighted by Crippen LogP contribution is 2.26. The summed E-state index contributed by atoms with van der Waals surface area (Å²) in [6.45, 7) is 0. The SMILES string of the molecule is Nc1cc2c(C(=O)O)nsc2cc1F. The fourth-order valence-corrected chi connectivity index (χ4v) is 1.91. The normalized spacial score (nSPS) is 10.6. The van der Waals surface area contributed by atoms with Gasteiger partial charge in [0, 0.05) is 5.39 Å². The number of fused-ring (bicyclic) bond motifs is 1. The number of rotatable bonds is 1. The zero-order valence-corrected chi connectivity index (χ0v) is 7.64. The molecule has 4 nitrogen and oxygen atoms in total. The number of aromatic carboxylic acids is 1. The van der Waals surface area contributed by atoms with E-state index in [-0.39, 0.29) is 11.4 Å². The molecule has 3 N–H and O–H groups in total. The van der Waals surface area contributed by atoms with Crippen molar-refractivity contribution in [3.63, 3.8) is 0 Å². The van der Waals surface area contributed by atoms with Crippen LogP contribution in [-0.4, -0.2) is 15.4 Å². The van der Waals surface area contributed by atoms with E-state index in [2.05, 4.69) is 4.37 Å². The molecule has 72 valence electrons. The average Bonchev–Trinajstić information content (AvgIpc) is 2.48. The zero-order valence-electron chi connectivity index (χ0n) is 6.82. The Morgan fingerprint density at radius 3 is 2.93 bits per heavy atom. The number of hydrogen-bond donors (Lipinski definition) is 2. The molecule has 14 heavy (non-hydrogen) atoms. The van der Waals surface area contributed by atoms with Crippen molar-refractivity contribution in [2.75, 3.05) is 5.73 Å². The van der Waals surface area contributed by atoms with Crippen molar-refractivity contribution in [2.24, 2.45) is 0 Å². The molecule has 0 aliphatic rings. The van der Waals surface area contributed by atoms with Crippen LogP contribution in [0.4, 0.5) is 10.1 Å². The van der Waals surface area contributed by atoms with Crippen molar-refractivity contribution in [1.29, 1.82) is 0 Å². The lowest BCUT2D eigenvalue weighted by atomic mass is 10.2. The lowest BCUT2D eigenvalue weighted by molar-refractivity contribution is 0.0694. The second kappa shape index (κ2) is 2.91. The van der Waals surface area contributed by atoms with E-state index < -0.39 is 11.8 Å². The number of carbonyl (C=O) groups is 1. The number of aromatic nitrogens is 1. The second-order valence-corrected chi connectivity index (χ2v) is 3.51. The molecule has 0 aliphatic heterocycles. The second-order valence-electron chi connectivity index (χ2n) is 2.71. The van der Waals surface area contributed by atoms with Gasteiger partial charge in [-0.25, -0.2) is 9.18 Å². The van der Waals surface area contributed by atoms with E-state index in [1.54, 1.807) is 0 Å². The third-order valence-electron chi connectivity index (χ3n) is 1.79. The molecule has 0 radical (unpaired) electrons. The van der Waals surface area contributed by atoms with E-state index >= 15 is 0 Å². The van der Waals surface area contributed by atoms with Crippen LogP contribution in [0.25, 0.3) is 10.1 Å². The van der Waals surface area contributed by atoms with Crippen LogP contribution in [0.15, 0.2) is 12.1 Å². The predicted molar refractivity (Wildman–Crippen MR) is 50.9 cm³/mol. The first kappa shape index (κ1) is 8.89. The van der Waals surface area contributed by atoms with E-state index in [1.807, 2.05) is 0 Å². The summed E-state index contributed by atoms with van der Waals surface area (Å²) in [4.78, 5) is 10.7. The molecular formula is C8H5FN2O2S. The molecule has 0 amide bonds. The Labute approximate surface area is 81.9 Å². The summed E-state index contributed by atoms with van der Waals surface area (Å²) < 4.78 is 17.1. The molecule has 1 aromatic carbocycles. The third-order valence-corrected chi connectivity index (χ3v) is 2.60. The number of halogens is 1. The van der Waals surface area contributed by atoms with E-state index in [4.69, 9.17) is 10.8 Å². The molecule has 1 heterocycles. The van der Waals surface area contributed by atoms with Crippen LogP contribution in [0.1, 0.15) is 10.5 Å². The number of anilines is 1. The van der Waals surface area contributed by atoms with Crippen LogP contribution in [0, 0.1) is 5.82 Å². The van der Waals surface area contributed by atoms with Crippen molar-refractivity contribution in [3.05, 3.63) is 23.6 Å². The van der Waals surface area contributed by atoms with Gasteiger partial charge in [0.05, 0.1) is 10.4 Å². The summed E-state index contributed by atoms with van der Waals surface area (Å²) in [5, 5.41) is 9.12. The van der Waals surface area contributed by atoms with Gasteiger partial charge in [-0.3, -0.25) is 0 Å². The molecule has 0 saturated carbocycles. The third kappa shape index (κ3) is 1.20. The Bertz CT molecular complexity index is 523. The fraction of sp³-hybridized carbons (Fsp3) is 0. The van der Waals surface area contributed by atoms with E-state index in [1.165, 1.54) is 12.1 Å². The highest BCUT2D eigenvalue weighted by molar-refractivity contribution is 7.13. The molecule has 0 saturated heterocycles. The summed E-state index contributed by atoms with van der Waals surface area (Å²) in [5.74, 6) is -1.69. The van der Waals surface area contributed by atoms with Crippen LogP contribution in [0.2, 0.25) is 0 Å². The van der Waals surface area contributed by atoms with Gasteiger partial charge in [0.1, 0.15) is 5.82 Å². The highest BCUT2D eigenvalue weighted by Gasteiger charge is 2.14. The van der Waals surface area contributed by atoms with Crippen molar-refractivity contribution in [2.45, 2.75) is 0 Å². The quantitative estimate of drug-likeness (QED) is 0.705. The Hall–Kier alpha value is -1.69. The first-order valence-corrected chi connectivity index (χ1v) is 4.44. The molecule has 2 aromatic rings. The zero-order chi connectivity index (χ0) is 10.3. The Morgan fingerprint density at radius 1 is 1.57 bits per heavy atom. The van der Waals surface area contributed by atoms with Gasteiger partial charge in [-0.15, -0.1) is 0 Å². The topological polar surface area (TPSA) is 76.2 Å². The van der Waals surface area contributed by atoms with Gasteiger partial charge in [0.2, 0.25) is 0 Å². The maximum Gasteiger partial charge on any atom is 0.356 e. The summed E-state index contributed by atoms with van der Waals surface area (Å²) in [6, 6.07) is 2.48. The van der Waals surface area contributed by atoms with E-state index in [9.17, 15) is 9.18 Å². The van der Waals surface area contributed by atoms with Crippen LogP contribution in [0.5, 0.6) is 0 Å². The van der Waals surface area contributed by atoms with Gasteiger partial charge in [0.25, 0.3) is 0 Å². The predicted octanol–water partition coefficient (Wildman–Crippen LogP) is 1.72. The fourth-order valence-electron chi connectivity index (χ4n) is 1.13. The molecule has 2 rings (SSSR count). The minimum atomic E-state index is -1.14. The molecule has 0 aliphatic carbocycles. The van der Waals surface area contributed by atoms with Gasteiger partial charge in [-0.1, -0.05) is 0 Å². The molecule has 0 spiro atoms. The lowest BCUT2D eigenvalue weighted by Crippen LogP contribution is -1.97. The minimum absolute atomic E-state index is 0.0693. The molecule has 0 fully saturated rings. The first-order chi connectivity index (χ1) is 6.59. The van der Waals surface area contributed by atoms with Crippen molar-refractivity contribution in [3.8, 4) is 0 Å². The first-order valence-electron chi connectivity index (χ1n) is 3.67. The average molecular weight is 212 g/mol. The highest BCUT2D eigenvalue weighted by atomic mass is 32.1. The number of nitrogens with two attached hydrogens (primary N) is 1. The Morgan fingerprint density at radius 2 is 2.29 bits per heavy atom. The van der Waals surface area contributed by atoms with Crippen LogP contribution >= 0.6 is 11.5 Å². The van der Waals surface area contributed by atoms with Gasteiger partial charge in [-0.2, -0.15) is 4.37 Å².